The number of hydrogen-bond acceptors (Lipinski definition) is 5. The highest BCUT2D eigenvalue weighted by atomic mass is 16.2. The Hall–Kier alpha value is -2.21. The molecule has 5 rings (SSSR count). The second kappa shape index (κ2) is 10.2. The first-order valence-electron chi connectivity index (χ1n) is 11.7. The van der Waals surface area contributed by atoms with E-state index in [0.717, 1.165) is 55.7 Å². The summed E-state index contributed by atoms with van der Waals surface area (Å²) in [4.78, 5) is 22.4. The third-order valence-electron chi connectivity index (χ3n) is 6.62. The van der Waals surface area contributed by atoms with Crippen molar-refractivity contribution >= 4 is 22.6 Å². The molecule has 1 aromatic heterocycles. The predicted molar refractivity (Wildman–Crippen MR) is 122 cm³/mol. The van der Waals surface area contributed by atoms with Gasteiger partial charge in [0.1, 0.15) is 12.1 Å². The van der Waals surface area contributed by atoms with Crippen molar-refractivity contribution in [3.05, 3.63) is 30.1 Å². The van der Waals surface area contributed by atoms with Crippen LogP contribution in [0.4, 0.5) is 5.82 Å². The van der Waals surface area contributed by atoms with Gasteiger partial charge in [0.15, 0.2) is 0 Å². The molecule has 1 aromatic carbocycles. The molecule has 2 aromatic rings. The average Bonchev–Trinajstić information content (AvgIpc) is 2.75. The molecule has 2 saturated carbocycles. The first-order chi connectivity index (χ1) is 14.7. The minimum absolute atomic E-state index is 0.378. The van der Waals surface area contributed by atoms with Gasteiger partial charge in [-0.2, -0.15) is 0 Å². The molecule has 1 aliphatic heterocycles. The fourth-order valence-corrected chi connectivity index (χ4v) is 4.52. The molecule has 2 heterocycles. The number of nitrogens with one attached hydrogen (secondary N) is 2. The maximum absolute atomic E-state index is 11.7. The number of carbonyl (C=O) groups is 1. The summed E-state index contributed by atoms with van der Waals surface area (Å²) in [6, 6.07) is 6.91. The van der Waals surface area contributed by atoms with Gasteiger partial charge in [0.2, 0.25) is 5.91 Å². The van der Waals surface area contributed by atoms with Crippen molar-refractivity contribution in [1.29, 1.82) is 0 Å². The number of anilines is 1. The molecule has 1 amide bonds. The van der Waals surface area contributed by atoms with Crippen molar-refractivity contribution in [2.45, 2.75) is 64.3 Å². The molecule has 3 fully saturated rings. The third kappa shape index (κ3) is 5.28. The highest BCUT2D eigenvalue weighted by Gasteiger charge is 2.29. The quantitative estimate of drug-likeness (QED) is 0.805. The summed E-state index contributed by atoms with van der Waals surface area (Å²) in [5, 5.41) is 7.99. The van der Waals surface area contributed by atoms with Crippen LogP contribution in [0, 0.1) is 12.8 Å². The monoisotopic (exact) mass is 409 g/mol. The van der Waals surface area contributed by atoms with Crippen LogP contribution in [0.15, 0.2) is 24.5 Å². The fraction of sp³-hybridized carbons (Fsp3) is 0.625. The summed E-state index contributed by atoms with van der Waals surface area (Å²) >= 11 is 0. The van der Waals surface area contributed by atoms with Gasteiger partial charge in [-0.25, -0.2) is 9.97 Å². The van der Waals surface area contributed by atoms with Crippen LogP contribution in [0.25, 0.3) is 10.9 Å². The van der Waals surface area contributed by atoms with Gasteiger partial charge in [0.25, 0.3) is 0 Å². The number of hydrogen-bond donors (Lipinski definition) is 2. The molecule has 3 aliphatic rings. The number of benzene rings is 1. The molecule has 0 bridgehead atoms. The lowest BCUT2D eigenvalue weighted by Crippen LogP contribution is -2.49. The summed E-state index contributed by atoms with van der Waals surface area (Å²) in [6.45, 7) is 5.87. The highest BCUT2D eigenvalue weighted by Crippen LogP contribution is 2.28. The van der Waals surface area contributed by atoms with Crippen LogP contribution >= 0.6 is 0 Å². The SMILES string of the molecule is Cc1ccc2ncnc(NC3CCCCC3)c2c1.O=C(C1CCC1)N1CCNCC1. The average molecular weight is 410 g/mol. The molecule has 0 atom stereocenters. The van der Waals surface area contributed by atoms with Crippen LogP contribution in [-0.2, 0) is 4.79 Å². The molecule has 6 nitrogen and oxygen atoms in total. The van der Waals surface area contributed by atoms with Crippen molar-refractivity contribution in [1.82, 2.24) is 20.2 Å². The third-order valence-corrected chi connectivity index (χ3v) is 6.62. The van der Waals surface area contributed by atoms with Gasteiger partial charge >= 0.3 is 0 Å². The highest BCUT2D eigenvalue weighted by molar-refractivity contribution is 5.89. The maximum Gasteiger partial charge on any atom is 0.225 e. The Kier molecular flexibility index (Phi) is 7.16. The van der Waals surface area contributed by atoms with Crippen molar-refractivity contribution < 1.29 is 4.79 Å². The van der Waals surface area contributed by atoms with Gasteiger partial charge in [0, 0.05) is 43.5 Å². The summed E-state index contributed by atoms with van der Waals surface area (Å²) in [5.74, 6) is 1.78. The van der Waals surface area contributed by atoms with Crippen molar-refractivity contribution in [3.8, 4) is 0 Å². The molecule has 30 heavy (non-hydrogen) atoms. The number of rotatable bonds is 3. The van der Waals surface area contributed by atoms with Gasteiger partial charge in [-0.05, 0) is 44.7 Å². The zero-order valence-corrected chi connectivity index (χ0v) is 18.2. The first kappa shape index (κ1) is 21.0. The molecule has 2 aliphatic carbocycles. The molecule has 0 spiro atoms. The number of fused-ring (bicyclic) bond motifs is 1. The normalized spacial score (nSPS) is 20.2. The molecular formula is C24H35N5O. The minimum atomic E-state index is 0.378. The molecule has 2 N–H and O–H groups in total. The number of amides is 1. The van der Waals surface area contributed by atoms with E-state index in [4.69, 9.17) is 0 Å². The minimum Gasteiger partial charge on any atom is -0.367 e. The number of nitrogens with zero attached hydrogens (tertiary/aromatic N) is 3. The van der Waals surface area contributed by atoms with Gasteiger partial charge in [-0.3, -0.25) is 4.79 Å². The summed E-state index contributed by atoms with van der Waals surface area (Å²) in [7, 11) is 0. The van der Waals surface area contributed by atoms with E-state index < -0.39 is 0 Å². The predicted octanol–water partition coefficient (Wildman–Crippen LogP) is 3.90. The lowest BCUT2D eigenvalue weighted by atomic mass is 9.84. The Morgan fingerprint density at radius 2 is 1.80 bits per heavy atom. The van der Waals surface area contributed by atoms with Gasteiger partial charge < -0.3 is 15.5 Å². The van der Waals surface area contributed by atoms with E-state index in [2.05, 4.69) is 45.7 Å². The largest absolute Gasteiger partial charge is 0.367 e. The molecular weight excluding hydrogens is 374 g/mol. The zero-order chi connectivity index (χ0) is 20.8. The Balaban J connectivity index is 0.000000158. The van der Waals surface area contributed by atoms with E-state index in [-0.39, 0.29) is 0 Å². The lowest BCUT2D eigenvalue weighted by molar-refractivity contribution is -0.138. The van der Waals surface area contributed by atoms with E-state index >= 15 is 0 Å². The van der Waals surface area contributed by atoms with E-state index in [1.165, 1.54) is 44.1 Å². The van der Waals surface area contributed by atoms with Crippen molar-refractivity contribution in [2.75, 3.05) is 31.5 Å². The molecule has 0 unspecified atom stereocenters. The topological polar surface area (TPSA) is 70.2 Å². The second-order valence-electron chi connectivity index (χ2n) is 8.93. The van der Waals surface area contributed by atoms with Gasteiger partial charge in [0.05, 0.1) is 5.52 Å². The molecule has 6 heteroatoms. The smallest absolute Gasteiger partial charge is 0.225 e. The number of aryl methyl sites for hydroxylation is 1. The van der Waals surface area contributed by atoms with Crippen LogP contribution in [-0.4, -0.2) is 53.0 Å². The van der Waals surface area contributed by atoms with Crippen molar-refractivity contribution in [3.63, 3.8) is 0 Å². The van der Waals surface area contributed by atoms with E-state index in [9.17, 15) is 4.79 Å². The second-order valence-corrected chi connectivity index (χ2v) is 8.93. The maximum atomic E-state index is 11.7. The molecule has 1 saturated heterocycles. The first-order valence-corrected chi connectivity index (χ1v) is 11.7. The fourth-order valence-electron chi connectivity index (χ4n) is 4.52. The zero-order valence-electron chi connectivity index (χ0n) is 18.2. The van der Waals surface area contributed by atoms with Crippen LogP contribution in [0.1, 0.15) is 56.9 Å². The standard InChI is InChI=1S/C15H19N3.C9H16N2O/c1-11-7-8-14-13(9-11)15(17-10-16-14)18-12-5-3-2-4-6-12;12-9(8-2-1-3-8)11-6-4-10-5-7-11/h7-10,12H,2-6H2,1H3,(H,16,17,18);8,10H,1-7H2. The number of carbonyl (C=O) groups excluding carboxylic acids is 1. The van der Waals surface area contributed by atoms with Crippen LogP contribution in [0.3, 0.4) is 0 Å². The van der Waals surface area contributed by atoms with Gasteiger partial charge in [-0.15, -0.1) is 0 Å². The van der Waals surface area contributed by atoms with Crippen LogP contribution in [0.2, 0.25) is 0 Å². The van der Waals surface area contributed by atoms with E-state index in [1.54, 1.807) is 6.33 Å². The Morgan fingerprint density at radius 1 is 1.03 bits per heavy atom. The number of aromatic nitrogens is 2. The van der Waals surface area contributed by atoms with Crippen molar-refractivity contribution in [2.24, 2.45) is 5.92 Å². The summed E-state index contributed by atoms with van der Waals surface area (Å²) in [5.41, 5.74) is 2.28. The molecule has 0 radical (unpaired) electrons. The lowest BCUT2D eigenvalue weighted by Gasteiger charge is -2.34. The summed E-state index contributed by atoms with van der Waals surface area (Å²) < 4.78 is 0. The number of piperazine rings is 1. The summed E-state index contributed by atoms with van der Waals surface area (Å²) in [6.07, 6.45) is 11.7. The van der Waals surface area contributed by atoms with E-state index in [1.807, 2.05) is 4.90 Å². The van der Waals surface area contributed by atoms with E-state index in [0.29, 0.717) is 17.9 Å². The van der Waals surface area contributed by atoms with Gasteiger partial charge in [-0.1, -0.05) is 37.3 Å². The Morgan fingerprint density at radius 3 is 2.50 bits per heavy atom. The van der Waals surface area contributed by atoms with Crippen LogP contribution < -0.4 is 10.6 Å². The molecule has 162 valence electrons. The van der Waals surface area contributed by atoms with Crippen LogP contribution in [0.5, 0.6) is 0 Å². The Labute approximate surface area is 179 Å². The Bertz CT molecular complexity index is 839.